The minimum Gasteiger partial charge on any atom is -0.465 e. The van der Waals surface area contributed by atoms with Crippen molar-refractivity contribution in [3.8, 4) is 5.69 Å². The molecule has 0 unspecified atom stereocenters. The molecule has 2 aromatic carbocycles. The summed E-state index contributed by atoms with van der Waals surface area (Å²) in [4.78, 5) is 31.6. The number of hydrogen-bond acceptors (Lipinski definition) is 5. The quantitative estimate of drug-likeness (QED) is 0.255. The van der Waals surface area contributed by atoms with E-state index >= 15 is 0 Å². The van der Waals surface area contributed by atoms with Gasteiger partial charge < -0.3 is 24.8 Å². The summed E-state index contributed by atoms with van der Waals surface area (Å²) in [6, 6.07) is 24.1. The zero-order valence-corrected chi connectivity index (χ0v) is 22.7. The average Bonchev–Trinajstić information content (AvgIpc) is 3.43. The first-order valence-corrected chi connectivity index (χ1v) is 13.0. The van der Waals surface area contributed by atoms with Crippen LogP contribution in [0.3, 0.4) is 0 Å². The fraction of sp³-hybridized carbons (Fsp3) is 0.200. The molecule has 0 bridgehead atoms. The number of aryl methyl sites for hydroxylation is 1. The number of aromatic nitrogens is 2. The Labute approximate surface area is 232 Å². The first kappa shape index (κ1) is 26.1. The van der Waals surface area contributed by atoms with Crippen molar-refractivity contribution in [3.05, 3.63) is 113 Å². The molecule has 8 nitrogen and oxygen atoms in total. The number of thiocarbonyl (C=S) groups is 1. The van der Waals surface area contributed by atoms with Gasteiger partial charge in [-0.25, -0.2) is 4.79 Å². The van der Waals surface area contributed by atoms with Gasteiger partial charge in [-0.2, -0.15) is 0 Å². The Morgan fingerprint density at radius 3 is 2.41 bits per heavy atom. The molecule has 1 saturated heterocycles. The van der Waals surface area contributed by atoms with E-state index in [1.165, 1.54) is 7.11 Å². The highest BCUT2D eigenvalue weighted by Crippen LogP contribution is 2.41. The van der Waals surface area contributed by atoms with E-state index in [0.717, 1.165) is 34.0 Å². The molecule has 198 valence electrons. The predicted octanol–water partition coefficient (Wildman–Crippen LogP) is 4.89. The number of pyridine rings is 1. The Morgan fingerprint density at radius 2 is 1.74 bits per heavy atom. The van der Waals surface area contributed by atoms with Crippen LogP contribution >= 0.6 is 12.2 Å². The normalized spacial score (nSPS) is 16.6. The molecule has 2 aromatic heterocycles. The summed E-state index contributed by atoms with van der Waals surface area (Å²) in [7, 11) is 1.37. The van der Waals surface area contributed by atoms with Gasteiger partial charge in [-0.1, -0.05) is 24.3 Å². The number of anilines is 1. The third-order valence-corrected chi connectivity index (χ3v) is 7.26. The second-order valence-corrected chi connectivity index (χ2v) is 9.76. The first-order chi connectivity index (χ1) is 18.9. The summed E-state index contributed by atoms with van der Waals surface area (Å²) in [5, 5.41) is 6.87. The van der Waals surface area contributed by atoms with Gasteiger partial charge in [-0.05, 0) is 86.2 Å². The molecule has 2 atom stereocenters. The number of hydrogen-bond donors (Lipinski definition) is 2. The van der Waals surface area contributed by atoms with E-state index in [1.807, 2.05) is 72.5 Å². The minimum atomic E-state index is -0.378. The molecule has 1 aliphatic rings. The van der Waals surface area contributed by atoms with Crippen LogP contribution in [0.1, 0.15) is 45.1 Å². The van der Waals surface area contributed by atoms with Crippen molar-refractivity contribution in [3.63, 3.8) is 0 Å². The second kappa shape index (κ2) is 11.1. The Hall–Kier alpha value is -4.50. The number of nitrogens with zero attached hydrogens (tertiary/aromatic N) is 3. The van der Waals surface area contributed by atoms with E-state index in [2.05, 4.69) is 33.2 Å². The minimum absolute atomic E-state index is 0.0756. The molecule has 39 heavy (non-hydrogen) atoms. The lowest BCUT2D eigenvalue weighted by Gasteiger charge is -2.27. The van der Waals surface area contributed by atoms with Crippen molar-refractivity contribution in [1.29, 1.82) is 0 Å². The average molecular weight is 540 g/mol. The van der Waals surface area contributed by atoms with Crippen LogP contribution < -0.4 is 10.6 Å². The molecule has 9 heteroatoms. The Kier molecular flexibility index (Phi) is 7.42. The van der Waals surface area contributed by atoms with Crippen molar-refractivity contribution >= 4 is 34.9 Å². The summed E-state index contributed by atoms with van der Waals surface area (Å²) in [5.74, 6) is -0.541. The van der Waals surface area contributed by atoms with E-state index in [0.29, 0.717) is 10.7 Å². The van der Waals surface area contributed by atoms with Gasteiger partial charge in [0, 0.05) is 29.0 Å². The van der Waals surface area contributed by atoms with Gasteiger partial charge in [0.15, 0.2) is 5.11 Å². The van der Waals surface area contributed by atoms with Crippen molar-refractivity contribution in [1.82, 2.24) is 19.8 Å². The number of methoxy groups -OCH3 is 1. The summed E-state index contributed by atoms with van der Waals surface area (Å²) >= 11 is 5.76. The van der Waals surface area contributed by atoms with Crippen molar-refractivity contribution < 1.29 is 14.3 Å². The lowest BCUT2D eigenvalue weighted by molar-refractivity contribution is -0.116. The maximum Gasteiger partial charge on any atom is 0.337 e. The van der Waals surface area contributed by atoms with Crippen LogP contribution in [-0.2, 0) is 9.53 Å². The molecule has 5 rings (SSSR count). The molecule has 0 radical (unpaired) electrons. The van der Waals surface area contributed by atoms with Crippen LogP contribution in [0, 0.1) is 13.8 Å². The number of carbonyl (C=O) groups excluding carboxylic acids is 2. The van der Waals surface area contributed by atoms with E-state index in [1.54, 1.807) is 18.3 Å². The standard InChI is InChI=1S/C30H29N5O3S/c1-19-17-24(20(2)35(19)23-14-12-21(13-15-23)29(37)38-3)28-27(25-11-7-8-16-31-25)33-30(39)34(28)18-26(36)32-22-9-5-4-6-10-22/h4-17,27-28H,18H2,1-3H3,(H,32,36)(H,33,39)/t27-,28+/m0/s1. The molecule has 4 aromatic rings. The first-order valence-electron chi connectivity index (χ1n) is 12.6. The van der Waals surface area contributed by atoms with Crippen LogP contribution in [0.25, 0.3) is 5.69 Å². The van der Waals surface area contributed by atoms with Gasteiger partial charge in [0.25, 0.3) is 0 Å². The molecule has 1 fully saturated rings. The molecule has 0 saturated carbocycles. The van der Waals surface area contributed by atoms with E-state index in [-0.39, 0.29) is 30.5 Å². The summed E-state index contributed by atoms with van der Waals surface area (Å²) in [5.41, 5.74) is 6.01. The number of amides is 1. The Bertz CT molecular complexity index is 1500. The molecule has 2 N–H and O–H groups in total. The smallest absolute Gasteiger partial charge is 0.337 e. The zero-order valence-electron chi connectivity index (χ0n) is 21.9. The van der Waals surface area contributed by atoms with Crippen LogP contribution in [0.4, 0.5) is 5.69 Å². The van der Waals surface area contributed by atoms with Gasteiger partial charge >= 0.3 is 5.97 Å². The monoisotopic (exact) mass is 539 g/mol. The lowest BCUT2D eigenvalue weighted by atomic mass is 9.96. The lowest BCUT2D eigenvalue weighted by Crippen LogP contribution is -2.37. The highest BCUT2D eigenvalue weighted by atomic mass is 32.1. The van der Waals surface area contributed by atoms with Crippen LogP contribution in [0.2, 0.25) is 0 Å². The Morgan fingerprint density at radius 1 is 1.03 bits per heavy atom. The molecule has 0 spiro atoms. The van der Waals surface area contributed by atoms with Gasteiger partial charge in [-0.15, -0.1) is 0 Å². The van der Waals surface area contributed by atoms with Gasteiger partial charge in [0.1, 0.15) is 6.54 Å². The number of benzene rings is 2. The highest BCUT2D eigenvalue weighted by molar-refractivity contribution is 7.80. The SMILES string of the molecule is COC(=O)c1ccc(-n2c(C)cc([C@@H]3[C@H](c4ccccn4)NC(=S)N3CC(=O)Nc3ccccc3)c2C)cc1. The van der Waals surface area contributed by atoms with Crippen molar-refractivity contribution in [2.45, 2.75) is 25.9 Å². The maximum absolute atomic E-state index is 13.1. The van der Waals surface area contributed by atoms with Crippen molar-refractivity contribution in [2.24, 2.45) is 0 Å². The number of ether oxygens (including phenoxy) is 1. The fourth-order valence-electron chi connectivity index (χ4n) is 5.14. The van der Waals surface area contributed by atoms with E-state index in [9.17, 15) is 9.59 Å². The Balaban J connectivity index is 1.52. The van der Waals surface area contributed by atoms with Gasteiger partial charge in [0.2, 0.25) is 5.91 Å². The fourth-order valence-corrected chi connectivity index (χ4v) is 5.44. The van der Waals surface area contributed by atoms with Gasteiger partial charge in [-0.3, -0.25) is 9.78 Å². The molecular formula is C30H29N5O3S. The zero-order chi connectivity index (χ0) is 27.5. The second-order valence-electron chi connectivity index (χ2n) is 9.37. The number of para-hydroxylation sites is 1. The predicted molar refractivity (Wildman–Crippen MR) is 154 cm³/mol. The van der Waals surface area contributed by atoms with Gasteiger partial charge in [0.05, 0.1) is 30.5 Å². The van der Waals surface area contributed by atoms with Crippen LogP contribution in [0.15, 0.2) is 85.1 Å². The number of carbonyl (C=O) groups is 2. The highest BCUT2D eigenvalue weighted by Gasteiger charge is 2.42. The summed E-state index contributed by atoms with van der Waals surface area (Å²) < 4.78 is 6.97. The third-order valence-electron chi connectivity index (χ3n) is 6.90. The molecule has 1 amide bonds. The molecule has 1 aliphatic heterocycles. The molecule has 0 aliphatic carbocycles. The number of rotatable bonds is 7. The number of esters is 1. The molecular weight excluding hydrogens is 510 g/mol. The maximum atomic E-state index is 13.1. The van der Waals surface area contributed by atoms with Crippen LogP contribution in [-0.4, -0.2) is 45.1 Å². The van der Waals surface area contributed by atoms with E-state index < -0.39 is 0 Å². The number of nitrogens with one attached hydrogen (secondary N) is 2. The van der Waals surface area contributed by atoms with Crippen molar-refractivity contribution in [2.75, 3.05) is 19.0 Å². The molecule has 3 heterocycles. The van der Waals surface area contributed by atoms with Crippen LogP contribution in [0.5, 0.6) is 0 Å². The van der Waals surface area contributed by atoms with E-state index in [4.69, 9.17) is 17.0 Å². The largest absolute Gasteiger partial charge is 0.465 e. The topological polar surface area (TPSA) is 88.5 Å². The summed E-state index contributed by atoms with van der Waals surface area (Å²) in [6.45, 7) is 4.16. The third kappa shape index (κ3) is 5.26. The summed E-state index contributed by atoms with van der Waals surface area (Å²) in [6.07, 6.45) is 1.76.